The average Bonchev–Trinajstić information content (AvgIpc) is 2.93. The average molecular weight is 522 g/mol. The van der Waals surface area contributed by atoms with Gasteiger partial charge in [-0.1, -0.05) is 42.5 Å². The first-order chi connectivity index (χ1) is 18.0. The van der Waals surface area contributed by atoms with Crippen LogP contribution in [0.15, 0.2) is 78.5 Å². The number of methoxy groups -OCH3 is 1. The number of hydrogen-bond acceptors (Lipinski definition) is 10. The molecule has 0 saturated heterocycles. The zero-order chi connectivity index (χ0) is 26.1. The minimum absolute atomic E-state index is 0.0225. The van der Waals surface area contributed by atoms with E-state index in [9.17, 15) is 13.5 Å². The lowest BCUT2D eigenvalue weighted by molar-refractivity contribution is 0.192. The Kier molecular flexibility index (Phi) is 8.23. The summed E-state index contributed by atoms with van der Waals surface area (Å²) in [4.78, 5) is 16.9. The van der Waals surface area contributed by atoms with Crippen LogP contribution in [0.4, 0.5) is 5.82 Å². The number of hydrogen-bond donors (Lipinski definition) is 2. The highest BCUT2D eigenvalue weighted by atomic mass is 32.2. The summed E-state index contributed by atoms with van der Waals surface area (Å²) in [5, 5.41) is 10.3. The first-order valence-corrected chi connectivity index (χ1v) is 12.5. The molecule has 0 aliphatic heterocycles. The van der Waals surface area contributed by atoms with Crippen LogP contribution in [0.25, 0.3) is 17.7 Å². The Hall–Kier alpha value is -4.55. The van der Waals surface area contributed by atoms with Gasteiger partial charge in [-0.2, -0.15) is 4.98 Å². The fourth-order valence-corrected chi connectivity index (χ4v) is 3.87. The molecule has 0 amide bonds. The fourth-order valence-electron chi connectivity index (χ4n) is 3.06. The summed E-state index contributed by atoms with van der Waals surface area (Å²) in [6.45, 7) is -0.468. The second kappa shape index (κ2) is 11.9. The van der Waals surface area contributed by atoms with Crippen molar-refractivity contribution >= 4 is 21.9 Å². The predicted molar refractivity (Wildman–Crippen MR) is 137 cm³/mol. The fraction of sp³-hybridized carbons (Fsp3) is 0.120. The second-order valence-electron chi connectivity index (χ2n) is 7.29. The zero-order valence-electron chi connectivity index (χ0n) is 19.7. The summed E-state index contributed by atoms with van der Waals surface area (Å²) in [6, 6.07) is 17.3. The van der Waals surface area contributed by atoms with Gasteiger partial charge in [0, 0.05) is 12.4 Å². The van der Waals surface area contributed by atoms with E-state index in [-0.39, 0.29) is 48.1 Å². The van der Waals surface area contributed by atoms with E-state index in [1.807, 2.05) is 6.07 Å². The maximum Gasteiger partial charge on any atom is 0.263 e. The Balaban J connectivity index is 1.82. The van der Waals surface area contributed by atoms with Gasteiger partial charge in [-0.15, -0.1) is 0 Å². The molecule has 2 heterocycles. The van der Waals surface area contributed by atoms with Crippen molar-refractivity contribution in [1.29, 1.82) is 0 Å². The predicted octanol–water partition coefficient (Wildman–Crippen LogP) is 3.52. The van der Waals surface area contributed by atoms with Gasteiger partial charge in [-0.3, -0.25) is 4.72 Å². The number of benzene rings is 2. The maximum atomic E-state index is 13.0. The molecule has 0 atom stereocenters. The number of aromatic nitrogens is 4. The third kappa shape index (κ3) is 6.78. The minimum atomic E-state index is -4.08. The molecule has 11 nitrogen and oxygen atoms in total. The summed E-state index contributed by atoms with van der Waals surface area (Å²) >= 11 is 0. The molecule has 12 heteroatoms. The smallest absolute Gasteiger partial charge is 0.263 e. The highest BCUT2D eigenvalue weighted by Crippen LogP contribution is 2.41. The van der Waals surface area contributed by atoms with Crippen LogP contribution >= 0.6 is 0 Å². The molecule has 0 unspecified atom stereocenters. The lowest BCUT2D eigenvalue weighted by Crippen LogP contribution is -2.14. The largest absolute Gasteiger partial charge is 0.493 e. The van der Waals surface area contributed by atoms with E-state index in [0.29, 0.717) is 11.3 Å². The third-order valence-corrected chi connectivity index (χ3v) is 5.66. The quantitative estimate of drug-likeness (QED) is 0.301. The van der Waals surface area contributed by atoms with Crippen molar-refractivity contribution in [3.05, 3.63) is 84.0 Å². The number of aliphatic hydroxyl groups is 1. The molecule has 4 rings (SSSR count). The van der Waals surface area contributed by atoms with E-state index >= 15 is 0 Å². The molecule has 0 saturated carbocycles. The Morgan fingerprint density at radius 3 is 2.32 bits per heavy atom. The standard InChI is InChI=1S/C25H23N5O6S/c1-34-19-10-5-6-11-20(19)36-21-22(30-37(32,33)17-12-18-8-3-2-4-9-18)28-24(23-26-13-7-14-27-23)29-25(21)35-16-15-31/h2-14,17,31H,15-16H2,1H3,(H,28,29,30). The van der Waals surface area contributed by atoms with Gasteiger partial charge < -0.3 is 19.3 Å². The van der Waals surface area contributed by atoms with Gasteiger partial charge in [0.2, 0.25) is 11.6 Å². The first kappa shape index (κ1) is 25.5. The highest BCUT2D eigenvalue weighted by molar-refractivity contribution is 7.95. The molecular formula is C25H23N5O6S. The van der Waals surface area contributed by atoms with Crippen molar-refractivity contribution in [2.24, 2.45) is 0 Å². The topological polar surface area (TPSA) is 146 Å². The molecule has 0 bridgehead atoms. The molecule has 37 heavy (non-hydrogen) atoms. The Morgan fingerprint density at radius 1 is 0.919 bits per heavy atom. The van der Waals surface area contributed by atoms with E-state index in [4.69, 9.17) is 14.2 Å². The van der Waals surface area contributed by atoms with Crippen molar-refractivity contribution in [1.82, 2.24) is 19.9 Å². The number of nitrogens with zero attached hydrogens (tertiary/aromatic N) is 4. The number of ether oxygens (including phenoxy) is 3. The van der Waals surface area contributed by atoms with Gasteiger partial charge in [0.1, 0.15) is 6.61 Å². The van der Waals surface area contributed by atoms with E-state index in [1.54, 1.807) is 54.6 Å². The number of para-hydroxylation sites is 2. The van der Waals surface area contributed by atoms with Crippen LogP contribution in [0.1, 0.15) is 5.56 Å². The number of sulfonamides is 1. The van der Waals surface area contributed by atoms with Gasteiger partial charge >= 0.3 is 0 Å². The van der Waals surface area contributed by atoms with Crippen molar-refractivity contribution < 1.29 is 27.7 Å². The maximum absolute atomic E-state index is 13.0. The monoisotopic (exact) mass is 521 g/mol. The molecule has 2 aromatic heterocycles. The molecule has 0 aliphatic carbocycles. The molecule has 4 aromatic rings. The van der Waals surface area contributed by atoms with Crippen LogP contribution < -0.4 is 18.9 Å². The second-order valence-corrected chi connectivity index (χ2v) is 8.85. The van der Waals surface area contributed by atoms with Gasteiger partial charge in [-0.05, 0) is 29.8 Å². The molecule has 2 N–H and O–H groups in total. The van der Waals surface area contributed by atoms with Crippen LogP contribution in [-0.2, 0) is 10.0 Å². The van der Waals surface area contributed by atoms with Gasteiger partial charge in [-0.25, -0.2) is 23.4 Å². The molecule has 0 fully saturated rings. The number of rotatable bonds is 11. The van der Waals surface area contributed by atoms with Crippen LogP contribution in [0.2, 0.25) is 0 Å². The van der Waals surface area contributed by atoms with E-state index in [0.717, 1.165) is 5.41 Å². The third-order valence-electron chi connectivity index (χ3n) is 4.69. The molecule has 2 aromatic carbocycles. The molecular weight excluding hydrogens is 498 g/mol. The van der Waals surface area contributed by atoms with E-state index < -0.39 is 10.0 Å². The Bertz CT molecular complexity index is 1470. The zero-order valence-corrected chi connectivity index (χ0v) is 20.5. The molecule has 0 radical (unpaired) electrons. The van der Waals surface area contributed by atoms with Crippen LogP contribution in [0, 0.1) is 0 Å². The van der Waals surface area contributed by atoms with Gasteiger partial charge in [0.05, 0.1) is 19.1 Å². The number of nitrogens with one attached hydrogen (secondary N) is 1. The van der Waals surface area contributed by atoms with Crippen molar-refractivity contribution in [3.8, 4) is 34.8 Å². The lowest BCUT2D eigenvalue weighted by Gasteiger charge is -2.17. The van der Waals surface area contributed by atoms with Gasteiger partial charge in [0.15, 0.2) is 23.1 Å². The Labute approximate surface area is 213 Å². The van der Waals surface area contributed by atoms with E-state index in [1.165, 1.54) is 25.6 Å². The molecule has 0 aliphatic rings. The lowest BCUT2D eigenvalue weighted by atomic mass is 10.2. The van der Waals surface area contributed by atoms with Gasteiger partial charge in [0.25, 0.3) is 15.9 Å². The van der Waals surface area contributed by atoms with Crippen LogP contribution in [0.3, 0.4) is 0 Å². The molecule has 190 valence electrons. The number of anilines is 1. The normalized spacial score (nSPS) is 11.3. The van der Waals surface area contributed by atoms with E-state index in [2.05, 4.69) is 24.7 Å². The SMILES string of the molecule is COc1ccccc1Oc1c(NS(=O)(=O)C=Cc2ccccc2)nc(-c2ncccn2)nc1OCCO. The van der Waals surface area contributed by atoms with Crippen LogP contribution in [-0.4, -0.2) is 53.8 Å². The summed E-state index contributed by atoms with van der Waals surface area (Å²) in [5.74, 6) is 0.229. The summed E-state index contributed by atoms with van der Waals surface area (Å²) < 4.78 is 45.4. The van der Waals surface area contributed by atoms with Crippen molar-refractivity contribution in [3.63, 3.8) is 0 Å². The summed E-state index contributed by atoms with van der Waals surface area (Å²) in [6.07, 6.45) is 4.42. The van der Waals surface area contributed by atoms with Crippen LogP contribution in [0.5, 0.6) is 23.1 Å². The van der Waals surface area contributed by atoms with Crippen molar-refractivity contribution in [2.45, 2.75) is 0 Å². The minimum Gasteiger partial charge on any atom is -0.493 e. The highest BCUT2D eigenvalue weighted by Gasteiger charge is 2.24. The summed E-state index contributed by atoms with van der Waals surface area (Å²) in [7, 11) is -2.61. The van der Waals surface area contributed by atoms with Crippen molar-refractivity contribution in [2.75, 3.05) is 25.0 Å². The summed E-state index contributed by atoms with van der Waals surface area (Å²) in [5.41, 5.74) is 0.686. The number of aliphatic hydroxyl groups excluding tert-OH is 1. The first-order valence-electron chi connectivity index (χ1n) is 11.0. The Morgan fingerprint density at radius 2 is 1.62 bits per heavy atom. The molecule has 0 spiro atoms.